The average Bonchev–Trinajstić information content (AvgIpc) is 2.97. The molecule has 0 radical (unpaired) electrons. The number of amides is 1. The smallest absolute Gasteiger partial charge is 0.227 e. The summed E-state index contributed by atoms with van der Waals surface area (Å²) in [5, 5.41) is 3.15. The van der Waals surface area contributed by atoms with Gasteiger partial charge in [0.2, 0.25) is 5.91 Å². The molecule has 1 heterocycles. The number of hydrogen-bond donors (Lipinski definition) is 2. The molecule has 1 saturated carbocycles. The Labute approximate surface area is 131 Å². The van der Waals surface area contributed by atoms with Crippen molar-refractivity contribution < 1.29 is 9.53 Å². The molecule has 3 N–H and O–H groups in total. The van der Waals surface area contributed by atoms with E-state index in [2.05, 4.69) is 11.4 Å². The largest absolute Gasteiger partial charge is 0.491 e. The summed E-state index contributed by atoms with van der Waals surface area (Å²) in [5.41, 5.74) is 6.69. The van der Waals surface area contributed by atoms with Crippen LogP contribution in [0, 0.1) is 5.41 Å². The van der Waals surface area contributed by atoms with Crippen molar-refractivity contribution >= 4 is 18.3 Å². The van der Waals surface area contributed by atoms with Gasteiger partial charge in [0.25, 0.3) is 0 Å². The summed E-state index contributed by atoms with van der Waals surface area (Å²) in [5.74, 6) is 1.05. The van der Waals surface area contributed by atoms with E-state index in [1.165, 1.54) is 0 Å². The van der Waals surface area contributed by atoms with Gasteiger partial charge >= 0.3 is 0 Å². The van der Waals surface area contributed by atoms with Crippen molar-refractivity contribution in [2.24, 2.45) is 11.1 Å². The zero-order chi connectivity index (χ0) is 14.0. The van der Waals surface area contributed by atoms with Crippen LogP contribution in [0.5, 0.6) is 5.75 Å². The van der Waals surface area contributed by atoms with Gasteiger partial charge in [-0.3, -0.25) is 4.79 Å². The lowest BCUT2D eigenvalue weighted by atomic mass is 9.85. The molecule has 21 heavy (non-hydrogen) atoms. The van der Waals surface area contributed by atoms with Crippen LogP contribution in [0.3, 0.4) is 0 Å². The number of benzene rings is 1. The Morgan fingerprint density at radius 1 is 1.33 bits per heavy atom. The van der Waals surface area contributed by atoms with Crippen LogP contribution in [0.25, 0.3) is 0 Å². The SMILES string of the molecule is Cl.NCC1(C(=O)NC2COc3ccccc3C2)CCCC1. The van der Waals surface area contributed by atoms with E-state index >= 15 is 0 Å². The molecular weight excluding hydrogens is 288 g/mol. The van der Waals surface area contributed by atoms with Gasteiger partial charge in [0.15, 0.2) is 0 Å². The normalized spacial score (nSPS) is 22.6. The highest BCUT2D eigenvalue weighted by atomic mass is 35.5. The molecule has 0 saturated heterocycles. The topological polar surface area (TPSA) is 64.4 Å². The van der Waals surface area contributed by atoms with Crippen LogP contribution in [0.4, 0.5) is 0 Å². The fourth-order valence-corrected chi connectivity index (χ4v) is 3.33. The van der Waals surface area contributed by atoms with Crippen molar-refractivity contribution in [3.63, 3.8) is 0 Å². The minimum Gasteiger partial charge on any atom is -0.491 e. The minimum atomic E-state index is -0.336. The highest BCUT2D eigenvalue weighted by Crippen LogP contribution is 2.37. The fraction of sp³-hybridized carbons (Fsp3) is 0.562. The molecule has 1 fully saturated rings. The summed E-state index contributed by atoms with van der Waals surface area (Å²) in [7, 11) is 0. The Hall–Kier alpha value is -1.26. The molecular formula is C16H23ClN2O2. The Balaban J connectivity index is 0.00000161. The lowest BCUT2D eigenvalue weighted by molar-refractivity contribution is -0.131. The number of ether oxygens (including phenoxy) is 1. The number of hydrogen-bond acceptors (Lipinski definition) is 3. The Kier molecular flexibility index (Phi) is 5.12. The number of nitrogens with one attached hydrogen (secondary N) is 1. The van der Waals surface area contributed by atoms with Gasteiger partial charge in [-0.15, -0.1) is 12.4 Å². The second kappa shape index (κ2) is 6.67. The number of carbonyl (C=O) groups is 1. The van der Waals surface area contributed by atoms with Crippen molar-refractivity contribution in [2.75, 3.05) is 13.2 Å². The van der Waals surface area contributed by atoms with Gasteiger partial charge in [0.05, 0.1) is 11.5 Å². The molecule has 116 valence electrons. The molecule has 2 aliphatic rings. The molecule has 1 atom stereocenters. The summed E-state index contributed by atoms with van der Waals surface area (Å²) in [4.78, 5) is 12.5. The van der Waals surface area contributed by atoms with Crippen LogP contribution in [0.15, 0.2) is 24.3 Å². The number of nitrogens with two attached hydrogens (primary N) is 1. The maximum Gasteiger partial charge on any atom is 0.227 e. The summed E-state index contributed by atoms with van der Waals surface area (Å²) in [6.45, 7) is 0.992. The summed E-state index contributed by atoms with van der Waals surface area (Å²) >= 11 is 0. The predicted octanol–water partition coefficient (Wildman–Crippen LogP) is 2.05. The highest BCUT2D eigenvalue weighted by Gasteiger charge is 2.40. The quantitative estimate of drug-likeness (QED) is 0.898. The molecule has 1 aromatic rings. The fourth-order valence-electron chi connectivity index (χ4n) is 3.33. The first-order valence-corrected chi connectivity index (χ1v) is 7.45. The van der Waals surface area contributed by atoms with Gasteiger partial charge in [0, 0.05) is 6.54 Å². The number of fused-ring (bicyclic) bond motifs is 1. The van der Waals surface area contributed by atoms with Crippen molar-refractivity contribution in [1.82, 2.24) is 5.32 Å². The van der Waals surface area contributed by atoms with E-state index in [1.54, 1.807) is 0 Å². The molecule has 5 heteroatoms. The molecule has 0 bridgehead atoms. The van der Waals surface area contributed by atoms with E-state index in [0.29, 0.717) is 13.2 Å². The van der Waals surface area contributed by atoms with Gasteiger partial charge in [-0.2, -0.15) is 0 Å². The Morgan fingerprint density at radius 2 is 2.05 bits per heavy atom. The molecule has 0 aromatic heterocycles. The molecule has 3 rings (SSSR count). The average molecular weight is 311 g/mol. The standard InChI is InChI=1S/C16H22N2O2.ClH/c17-11-16(7-3-4-8-16)15(19)18-13-9-12-5-1-2-6-14(12)20-10-13;/h1-2,5-6,13H,3-4,7-11,17H2,(H,18,19);1H. The lowest BCUT2D eigenvalue weighted by Crippen LogP contribution is -2.51. The summed E-state index contributed by atoms with van der Waals surface area (Å²) < 4.78 is 5.72. The van der Waals surface area contributed by atoms with E-state index < -0.39 is 0 Å². The van der Waals surface area contributed by atoms with Crippen LogP contribution in [-0.4, -0.2) is 25.1 Å². The minimum absolute atomic E-state index is 0. The number of para-hydroxylation sites is 1. The van der Waals surface area contributed by atoms with E-state index in [1.807, 2.05) is 18.2 Å². The number of carbonyl (C=O) groups excluding carboxylic acids is 1. The third kappa shape index (κ3) is 3.16. The van der Waals surface area contributed by atoms with E-state index in [4.69, 9.17) is 10.5 Å². The zero-order valence-corrected chi connectivity index (χ0v) is 13.0. The van der Waals surface area contributed by atoms with E-state index in [9.17, 15) is 4.79 Å². The van der Waals surface area contributed by atoms with Gasteiger partial charge in [-0.1, -0.05) is 31.0 Å². The van der Waals surface area contributed by atoms with Crippen LogP contribution in [0.2, 0.25) is 0 Å². The van der Waals surface area contributed by atoms with Crippen molar-refractivity contribution in [3.8, 4) is 5.75 Å². The maximum absolute atomic E-state index is 12.5. The first-order chi connectivity index (χ1) is 9.73. The lowest BCUT2D eigenvalue weighted by Gasteiger charge is -2.31. The molecule has 1 aliphatic heterocycles. The first kappa shape index (κ1) is 16.1. The van der Waals surface area contributed by atoms with Crippen molar-refractivity contribution in [3.05, 3.63) is 29.8 Å². The van der Waals surface area contributed by atoms with Gasteiger partial charge in [-0.25, -0.2) is 0 Å². The second-order valence-electron chi connectivity index (χ2n) is 5.98. The monoisotopic (exact) mass is 310 g/mol. The van der Waals surface area contributed by atoms with Crippen molar-refractivity contribution in [2.45, 2.75) is 38.1 Å². The van der Waals surface area contributed by atoms with E-state index in [-0.39, 0.29) is 29.8 Å². The van der Waals surface area contributed by atoms with Gasteiger partial charge in [-0.05, 0) is 30.9 Å². The number of halogens is 1. The van der Waals surface area contributed by atoms with Gasteiger partial charge < -0.3 is 15.8 Å². The molecule has 1 aliphatic carbocycles. The third-order valence-corrected chi connectivity index (χ3v) is 4.65. The first-order valence-electron chi connectivity index (χ1n) is 7.45. The van der Waals surface area contributed by atoms with Crippen molar-refractivity contribution in [1.29, 1.82) is 0 Å². The molecule has 1 unspecified atom stereocenters. The van der Waals surface area contributed by atoms with Crippen LogP contribution >= 0.6 is 12.4 Å². The second-order valence-corrected chi connectivity index (χ2v) is 5.98. The van der Waals surface area contributed by atoms with Crippen LogP contribution in [-0.2, 0) is 11.2 Å². The highest BCUT2D eigenvalue weighted by molar-refractivity contribution is 5.85. The third-order valence-electron chi connectivity index (χ3n) is 4.65. The van der Waals surface area contributed by atoms with Gasteiger partial charge in [0.1, 0.15) is 12.4 Å². The van der Waals surface area contributed by atoms with Crippen LogP contribution in [0.1, 0.15) is 31.2 Å². The summed E-state index contributed by atoms with van der Waals surface area (Å²) in [6, 6.07) is 8.07. The maximum atomic E-state index is 12.5. The molecule has 0 spiro atoms. The predicted molar refractivity (Wildman–Crippen MR) is 84.8 cm³/mol. The van der Waals surface area contributed by atoms with E-state index in [0.717, 1.165) is 43.4 Å². The Morgan fingerprint density at radius 3 is 2.76 bits per heavy atom. The summed E-state index contributed by atoms with van der Waals surface area (Å²) in [6.07, 6.45) is 4.88. The Bertz CT molecular complexity index is 501. The zero-order valence-electron chi connectivity index (χ0n) is 12.1. The molecule has 1 amide bonds. The molecule has 4 nitrogen and oxygen atoms in total. The molecule has 1 aromatic carbocycles. The number of rotatable bonds is 3. The van der Waals surface area contributed by atoms with Crippen LogP contribution < -0.4 is 15.8 Å².